The Labute approximate surface area is 193 Å². The zero-order valence-corrected chi connectivity index (χ0v) is 19.1. The van der Waals surface area contributed by atoms with Crippen LogP contribution < -0.4 is 9.64 Å². The fourth-order valence-electron chi connectivity index (χ4n) is 4.41. The Hall–Kier alpha value is -3.80. The molecule has 0 N–H and O–H groups in total. The van der Waals surface area contributed by atoms with E-state index in [1.165, 1.54) is 0 Å². The number of methoxy groups -OCH3 is 1. The van der Waals surface area contributed by atoms with E-state index in [9.17, 15) is 4.79 Å². The van der Waals surface area contributed by atoms with Crippen LogP contribution in [0.25, 0.3) is 22.2 Å². The lowest BCUT2D eigenvalue weighted by Gasteiger charge is -2.22. The van der Waals surface area contributed by atoms with Gasteiger partial charge in [0.2, 0.25) is 5.89 Å². The molecule has 6 heteroatoms. The van der Waals surface area contributed by atoms with Gasteiger partial charge in [0, 0.05) is 31.9 Å². The van der Waals surface area contributed by atoms with Crippen LogP contribution in [0.4, 0.5) is 5.69 Å². The summed E-state index contributed by atoms with van der Waals surface area (Å²) in [7, 11) is 5.66. The zero-order valence-electron chi connectivity index (χ0n) is 19.1. The third kappa shape index (κ3) is 4.04. The van der Waals surface area contributed by atoms with E-state index in [4.69, 9.17) is 14.1 Å². The molecule has 1 aromatic heterocycles. The summed E-state index contributed by atoms with van der Waals surface area (Å²) in [4.78, 5) is 22.0. The Bertz CT molecular complexity index is 1290. The number of aromatic nitrogens is 1. The van der Waals surface area contributed by atoms with E-state index in [0.29, 0.717) is 23.7 Å². The lowest BCUT2D eigenvalue weighted by Crippen LogP contribution is -2.30. The van der Waals surface area contributed by atoms with Crippen LogP contribution >= 0.6 is 0 Å². The number of likely N-dealkylation sites (tertiary alicyclic amines) is 1. The number of amides is 1. The summed E-state index contributed by atoms with van der Waals surface area (Å²) in [6, 6.07) is 21.6. The van der Waals surface area contributed by atoms with Gasteiger partial charge in [0.15, 0.2) is 5.58 Å². The standard InChI is InChI=1S/C27H27N3O3/c1-29(2)21-12-9-18(10-13-21)19-11-14-25-23(17-19)28-26(33-25)24-8-5-15-30(24)27(31)20-6-4-7-22(16-20)32-3/h4,6-7,9-14,16-17,24H,5,8,15H2,1-3H3. The van der Waals surface area contributed by atoms with E-state index in [-0.39, 0.29) is 11.9 Å². The van der Waals surface area contributed by atoms with Crippen molar-refractivity contribution in [2.75, 3.05) is 32.6 Å². The highest BCUT2D eigenvalue weighted by molar-refractivity contribution is 5.95. The van der Waals surface area contributed by atoms with Gasteiger partial charge in [-0.2, -0.15) is 0 Å². The molecule has 1 aliphatic rings. The lowest BCUT2D eigenvalue weighted by atomic mass is 10.0. The Kier molecular flexibility index (Phi) is 5.50. The van der Waals surface area contributed by atoms with Crippen LogP contribution in [0.2, 0.25) is 0 Å². The Morgan fingerprint density at radius 1 is 1.06 bits per heavy atom. The number of benzene rings is 3. The quantitative estimate of drug-likeness (QED) is 0.407. The maximum absolute atomic E-state index is 13.2. The van der Waals surface area contributed by atoms with Crippen LogP contribution in [-0.4, -0.2) is 43.5 Å². The summed E-state index contributed by atoms with van der Waals surface area (Å²) in [6.45, 7) is 0.683. The molecule has 1 saturated heterocycles. The van der Waals surface area contributed by atoms with Crippen LogP contribution in [-0.2, 0) is 0 Å². The molecule has 3 aromatic carbocycles. The normalized spacial score (nSPS) is 15.7. The molecule has 33 heavy (non-hydrogen) atoms. The lowest BCUT2D eigenvalue weighted by molar-refractivity contribution is 0.0716. The Morgan fingerprint density at radius 2 is 1.85 bits per heavy atom. The number of nitrogens with zero attached hydrogens (tertiary/aromatic N) is 3. The van der Waals surface area contributed by atoms with Crippen molar-refractivity contribution in [1.82, 2.24) is 9.88 Å². The maximum atomic E-state index is 13.2. The molecular formula is C27H27N3O3. The van der Waals surface area contributed by atoms with E-state index in [0.717, 1.165) is 40.8 Å². The van der Waals surface area contributed by atoms with Crippen molar-refractivity contribution in [2.45, 2.75) is 18.9 Å². The Morgan fingerprint density at radius 3 is 2.61 bits per heavy atom. The van der Waals surface area contributed by atoms with Gasteiger partial charge < -0.3 is 19.0 Å². The largest absolute Gasteiger partial charge is 0.497 e. The van der Waals surface area contributed by atoms with Gasteiger partial charge in [-0.15, -0.1) is 0 Å². The second-order valence-corrected chi connectivity index (χ2v) is 8.56. The molecule has 2 heterocycles. The van der Waals surface area contributed by atoms with Crippen LogP contribution in [0.1, 0.15) is 35.1 Å². The summed E-state index contributed by atoms with van der Waals surface area (Å²) in [5.74, 6) is 1.24. The summed E-state index contributed by atoms with van der Waals surface area (Å²) in [6.07, 6.45) is 1.75. The minimum Gasteiger partial charge on any atom is -0.497 e. The van der Waals surface area contributed by atoms with Gasteiger partial charge in [0.1, 0.15) is 17.3 Å². The molecular weight excluding hydrogens is 414 g/mol. The van der Waals surface area contributed by atoms with Crippen LogP contribution in [0.5, 0.6) is 5.75 Å². The highest BCUT2D eigenvalue weighted by atomic mass is 16.5. The number of oxazole rings is 1. The maximum Gasteiger partial charge on any atom is 0.254 e. The average molecular weight is 442 g/mol. The summed E-state index contributed by atoms with van der Waals surface area (Å²) >= 11 is 0. The molecule has 168 valence electrons. The molecule has 0 spiro atoms. The molecule has 1 fully saturated rings. The molecule has 5 rings (SSSR count). The van der Waals surface area contributed by atoms with Crippen LogP contribution in [0.3, 0.4) is 0 Å². The first-order valence-corrected chi connectivity index (χ1v) is 11.2. The SMILES string of the molecule is COc1cccc(C(=O)N2CCCC2c2nc3cc(-c4ccc(N(C)C)cc4)ccc3o2)c1. The predicted molar refractivity (Wildman–Crippen MR) is 130 cm³/mol. The molecule has 1 atom stereocenters. The molecule has 1 amide bonds. The second kappa shape index (κ2) is 8.62. The molecule has 0 saturated carbocycles. The summed E-state index contributed by atoms with van der Waals surface area (Å²) in [5, 5.41) is 0. The minimum absolute atomic E-state index is 0.0275. The van der Waals surface area contributed by atoms with Crippen LogP contribution in [0, 0.1) is 0 Å². The summed E-state index contributed by atoms with van der Waals surface area (Å²) in [5.41, 5.74) is 5.52. The van der Waals surface area contributed by atoms with Gasteiger partial charge in [-0.1, -0.05) is 24.3 Å². The molecule has 0 bridgehead atoms. The third-order valence-electron chi connectivity index (χ3n) is 6.24. The average Bonchev–Trinajstić information content (AvgIpc) is 3.50. The van der Waals surface area contributed by atoms with Gasteiger partial charge in [-0.05, 0) is 66.4 Å². The molecule has 1 unspecified atom stereocenters. The number of carbonyl (C=O) groups is 1. The Balaban J connectivity index is 1.42. The molecule has 6 nitrogen and oxygen atoms in total. The summed E-state index contributed by atoms with van der Waals surface area (Å²) < 4.78 is 11.4. The molecule has 4 aromatic rings. The van der Waals surface area contributed by atoms with Crippen molar-refractivity contribution in [3.63, 3.8) is 0 Å². The highest BCUT2D eigenvalue weighted by Gasteiger charge is 2.34. The van der Waals surface area contributed by atoms with E-state index < -0.39 is 0 Å². The second-order valence-electron chi connectivity index (χ2n) is 8.56. The fraction of sp³-hybridized carbons (Fsp3) is 0.259. The highest BCUT2D eigenvalue weighted by Crippen LogP contribution is 2.35. The molecule has 1 aliphatic heterocycles. The third-order valence-corrected chi connectivity index (χ3v) is 6.24. The first-order chi connectivity index (χ1) is 16.0. The van der Waals surface area contributed by atoms with E-state index in [1.54, 1.807) is 13.2 Å². The van der Waals surface area contributed by atoms with Crippen molar-refractivity contribution in [3.8, 4) is 16.9 Å². The van der Waals surface area contributed by atoms with Crippen LogP contribution in [0.15, 0.2) is 71.1 Å². The monoisotopic (exact) mass is 441 g/mol. The number of hydrogen-bond donors (Lipinski definition) is 0. The number of rotatable bonds is 5. The smallest absolute Gasteiger partial charge is 0.254 e. The van der Waals surface area contributed by atoms with Gasteiger partial charge in [-0.25, -0.2) is 4.98 Å². The number of fused-ring (bicyclic) bond motifs is 1. The van der Waals surface area contributed by atoms with Gasteiger partial charge >= 0.3 is 0 Å². The van der Waals surface area contributed by atoms with Gasteiger partial charge in [-0.3, -0.25) is 4.79 Å². The van der Waals surface area contributed by atoms with Crippen molar-refractivity contribution in [2.24, 2.45) is 0 Å². The van der Waals surface area contributed by atoms with Crippen molar-refractivity contribution < 1.29 is 13.9 Å². The van der Waals surface area contributed by atoms with E-state index >= 15 is 0 Å². The van der Waals surface area contributed by atoms with Crippen molar-refractivity contribution in [3.05, 3.63) is 78.2 Å². The number of ether oxygens (including phenoxy) is 1. The zero-order chi connectivity index (χ0) is 22.9. The van der Waals surface area contributed by atoms with Gasteiger partial charge in [0.25, 0.3) is 5.91 Å². The first kappa shape index (κ1) is 21.1. The molecule has 0 aliphatic carbocycles. The van der Waals surface area contributed by atoms with E-state index in [2.05, 4.69) is 41.3 Å². The number of carbonyl (C=O) groups excluding carboxylic acids is 1. The van der Waals surface area contributed by atoms with Crippen molar-refractivity contribution in [1.29, 1.82) is 0 Å². The first-order valence-electron chi connectivity index (χ1n) is 11.2. The number of anilines is 1. The van der Waals surface area contributed by atoms with Crippen molar-refractivity contribution >= 4 is 22.7 Å². The predicted octanol–water partition coefficient (Wildman–Crippen LogP) is 5.55. The fourth-order valence-corrected chi connectivity index (χ4v) is 4.41. The minimum atomic E-state index is -0.168. The van der Waals surface area contributed by atoms with E-state index in [1.807, 2.05) is 43.3 Å². The number of hydrogen-bond acceptors (Lipinski definition) is 5. The molecule has 0 radical (unpaired) electrons. The topological polar surface area (TPSA) is 58.8 Å². The van der Waals surface area contributed by atoms with Gasteiger partial charge in [0.05, 0.1) is 7.11 Å².